The van der Waals surface area contributed by atoms with Crippen LogP contribution in [-0.4, -0.2) is 24.5 Å². The zero-order valence-electron chi connectivity index (χ0n) is 10.2. The molecule has 1 fully saturated rings. The van der Waals surface area contributed by atoms with Crippen molar-refractivity contribution in [2.75, 3.05) is 13.6 Å². The molecular weight excluding hydrogens is 184 g/mol. The topological polar surface area (TPSA) is 27.0 Å². The number of rotatable bonds is 5. The van der Waals surface area contributed by atoms with Gasteiger partial charge in [-0.1, -0.05) is 13.3 Å². The SMILES string of the molecule is CCC1CCC(N(C)CCCC#N)CC1. The molecule has 1 aliphatic carbocycles. The third-order valence-electron chi connectivity index (χ3n) is 3.82. The molecule has 0 bridgehead atoms. The Balaban J connectivity index is 2.18. The van der Waals surface area contributed by atoms with E-state index in [0.29, 0.717) is 6.42 Å². The Morgan fingerprint density at radius 3 is 2.47 bits per heavy atom. The second-order valence-corrected chi connectivity index (χ2v) is 4.83. The summed E-state index contributed by atoms with van der Waals surface area (Å²) in [6.07, 6.45) is 8.62. The molecule has 0 spiro atoms. The summed E-state index contributed by atoms with van der Waals surface area (Å²) >= 11 is 0. The third-order valence-corrected chi connectivity index (χ3v) is 3.82. The predicted octanol–water partition coefficient (Wildman–Crippen LogP) is 3.19. The lowest BCUT2D eigenvalue weighted by Crippen LogP contribution is -2.35. The zero-order chi connectivity index (χ0) is 11.1. The second kappa shape index (κ2) is 6.85. The maximum Gasteiger partial charge on any atom is 0.0622 e. The maximum absolute atomic E-state index is 8.49. The minimum Gasteiger partial charge on any atom is -0.303 e. The van der Waals surface area contributed by atoms with Crippen LogP contribution in [0.5, 0.6) is 0 Å². The molecule has 1 saturated carbocycles. The van der Waals surface area contributed by atoms with E-state index in [2.05, 4.69) is 24.9 Å². The average molecular weight is 208 g/mol. The van der Waals surface area contributed by atoms with E-state index >= 15 is 0 Å². The van der Waals surface area contributed by atoms with Crippen molar-refractivity contribution in [3.05, 3.63) is 0 Å². The molecule has 0 atom stereocenters. The molecule has 0 aromatic heterocycles. The van der Waals surface area contributed by atoms with Crippen LogP contribution in [0.25, 0.3) is 0 Å². The van der Waals surface area contributed by atoms with Crippen LogP contribution >= 0.6 is 0 Å². The molecule has 0 amide bonds. The lowest BCUT2D eigenvalue weighted by Gasteiger charge is -2.34. The Morgan fingerprint density at radius 1 is 1.27 bits per heavy atom. The van der Waals surface area contributed by atoms with Crippen LogP contribution in [-0.2, 0) is 0 Å². The summed E-state index contributed by atoms with van der Waals surface area (Å²) in [6.45, 7) is 3.40. The Kier molecular flexibility index (Phi) is 5.71. The Hall–Kier alpha value is -0.550. The summed E-state index contributed by atoms with van der Waals surface area (Å²) in [5, 5.41) is 8.49. The molecule has 0 heterocycles. The third kappa shape index (κ3) is 4.22. The Bertz CT molecular complexity index is 199. The molecule has 0 unspecified atom stereocenters. The molecule has 0 aromatic carbocycles. The molecule has 0 aromatic rings. The van der Waals surface area contributed by atoms with E-state index in [1.54, 1.807) is 0 Å². The van der Waals surface area contributed by atoms with Crippen molar-refractivity contribution in [2.24, 2.45) is 5.92 Å². The molecule has 86 valence electrons. The van der Waals surface area contributed by atoms with Gasteiger partial charge in [-0.15, -0.1) is 0 Å². The molecule has 0 saturated heterocycles. The van der Waals surface area contributed by atoms with E-state index in [0.717, 1.165) is 24.9 Å². The molecule has 0 N–H and O–H groups in total. The molecule has 0 aliphatic heterocycles. The quantitative estimate of drug-likeness (QED) is 0.649. The largest absolute Gasteiger partial charge is 0.303 e. The van der Waals surface area contributed by atoms with Gasteiger partial charge in [0, 0.05) is 12.5 Å². The first kappa shape index (κ1) is 12.5. The van der Waals surface area contributed by atoms with Crippen LogP contribution in [0.2, 0.25) is 0 Å². The minimum absolute atomic E-state index is 0.703. The zero-order valence-corrected chi connectivity index (χ0v) is 10.2. The van der Waals surface area contributed by atoms with Gasteiger partial charge in [0.15, 0.2) is 0 Å². The highest BCUT2D eigenvalue weighted by molar-refractivity contribution is 4.78. The normalized spacial score (nSPS) is 26.5. The van der Waals surface area contributed by atoms with E-state index in [9.17, 15) is 0 Å². The summed E-state index contributed by atoms with van der Waals surface area (Å²) < 4.78 is 0. The van der Waals surface area contributed by atoms with Gasteiger partial charge in [-0.3, -0.25) is 0 Å². The standard InChI is InChI=1S/C13H24N2/c1-3-12-6-8-13(9-7-12)15(2)11-5-4-10-14/h12-13H,3-9,11H2,1-2H3. The summed E-state index contributed by atoms with van der Waals surface area (Å²) in [5.74, 6) is 0.980. The molecule has 2 heteroatoms. The van der Waals surface area contributed by atoms with E-state index in [1.165, 1.54) is 32.1 Å². The maximum atomic E-state index is 8.49. The summed E-state index contributed by atoms with van der Waals surface area (Å²) in [5.41, 5.74) is 0. The van der Waals surface area contributed by atoms with E-state index in [-0.39, 0.29) is 0 Å². The smallest absolute Gasteiger partial charge is 0.0622 e. The number of hydrogen-bond acceptors (Lipinski definition) is 2. The van der Waals surface area contributed by atoms with Gasteiger partial charge in [0.25, 0.3) is 0 Å². The summed E-state index contributed by atoms with van der Waals surface area (Å²) in [4.78, 5) is 2.46. The van der Waals surface area contributed by atoms with Crippen LogP contribution < -0.4 is 0 Å². The van der Waals surface area contributed by atoms with Crippen molar-refractivity contribution in [1.82, 2.24) is 4.90 Å². The van der Waals surface area contributed by atoms with Gasteiger partial charge in [-0.2, -0.15) is 5.26 Å². The van der Waals surface area contributed by atoms with E-state index < -0.39 is 0 Å². The van der Waals surface area contributed by atoms with Gasteiger partial charge in [0.05, 0.1) is 6.07 Å². The fourth-order valence-electron chi connectivity index (χ4n) is 2.58. The van der Waals surface area contributed by atoms with E-state index in [4.69, 9.17) is 5.26 Å². The predicted molar refractivity (Wildman–Crippen MR) is 63.5 cm³/mol. The van der Waals surface area contributed by atoms with Crippen molar-refractivity contribution in [3.8, 4) is 6.07 Å². The van der Waals surface area contributed by atoms with Crippen LogP contribution in [0, 0.1) is 17.2 Å². The van der Waals surface area contributed by atoms with Gasteiger partial charge in [0.1, 0.15) is 0 Å². The highest BCUT2D eigenvalue weighted by Gasteiger charge is 2.22. The van der Waals surface area contributed by atoms with Crippen molar-refractivity contribution < 1.29 is 0 Å². The monoisotopic (exact) mass is 208 g/mol. The summed E-state index contributed by atoms with van der Waals surface area (Å²) in [6, 6.07) is 3.00. The lowest BCUT2D eigenvalue weighted by atomic mass is 9.84. The Labute approximate surface area is 94.3 Å². The molecule has 1 aliphatic rings. The van der Waals surface area contributed by atoms with Crippen molar-refractivity contribution in [1.29, 1.82) is 5.26 Å². The van der Waals surface area contributed by atoms with Gasteiger partial charge in [-0.05, 0) is 51.6 Å². The van der Waals surface area contributed by atoms with Crippen molar-refractivity contribution in [3.63, 3.8) is 0 Å². The van der Waals surface area contributed by atoms with Crippen molar-refractivity contribution in [2.45, 2.75) is 57.9 Å². The highest BCUT2D eigenvalue weighted by Crippen LogP contribution is 2.28. The van der Waals surface area contributed by atoms with E-state index in [1.807, 2.05) is 0 Å². The van der Waals surface area contributed by atoms with Crippen LogP contribution in [0.4, 0.5) is 0 Å². The van der Waals surface area contributed by atoms with Crippen LogP contribution in [0.15, 0.2) is 0 Å². The first-order valence-electron chi connectivity index (χ1n) is 6.35. The first-order chi connectivity index (χ1) is 7.27. The highest BCUT2D eigenvalue weighted by atomic mass is 15.1. The first-order valence-corrected chi connectivity index (χ1v) is 6.35. The van der Waals surface area contributed by atoms with Gasteiger partial charge >= 0.3 is 0 Å². The molecule has 0 radical (unpaired) electrons. The molecule has 15 heavy (non-hydrogen) atoms. The number of hydrogen-bond donors (Lipinski definition) is 0. The fourth-order valence-corrected chi connectivity index (χ4v) is 2.58. The second-order valence-electron chi connectivity index (χ2n) is 4.83. The number of nitrogens with zero attached hydrogens (tertiary/aromatic N) is 2. The van der Waals surface area contributed by atoms with Gasteiger partial charge in [0.2, 0.25) is 0 Å². The molecule has 1 rings (SSSR count). The van der Waals surface area contributed by atoms with Crippen molar-refractivity contribution >= 4 is 0 Å². The lowest BCUT2D eigenvalue weighted by molar-refractivity contribution is 0.163. The average Bonchev–Trinajstić information content (AvgIpc) is 2.29. The number of nitriles is 1. The van der Waals surface area contributed by atoms with Crippen LogP contribution in [0.1, 0.15) is 51.9 Å². The van der Waals surface area contributed by atoms with Crippen LogP contribution in [0.3, 0.4) is 0 Å². The van der Waals surface area contributed by atoms with Gasteiger partial charge in [-0.25, -0.2) is 0 Å². The number of unbranched alkanes of at least 4 members (excludes halogenated alkanes) is 1. The fraction of sp³-hybridized carbons (Fsp3) is 0.923. The Morgan fingerprint density at radius 2 is 1.93 bits per heavy atom. The molecule has 2 nitrogen and oxygen atoms in total. The summed E-state index contributed by atoms with van der Waals surface area (Å²) in [7, 11) is 2.22. The minimum atomic E-state index is 0.703. The van der Waals surface area contributed by atoms with Gasteiger partial charge < -0.3 is 4.90 Å². The molecular formula is C13H24N2.